The van der Waals surface area contributed by atoms with Crippen molar-refractivity contribution in [3.8, 4) is 0 Å². The molecule has 0 aromatic carbocycles. The Morgan fingerprint density at radius 2 is 1.44 bits per heavy atom. The van der Waals surface area contributed by atoms with Crippen LogP contribution in [-0.2, 0) is 0 Å². The van der Waals surface area contributed by atoms with Crippen LogP contribution in [0.25, 0.3) is 0 Å². The number of hydrogen-bond donors (Lipinski definition) is 4. The highest BCUT2D eigenvalue weighted by atomic mass is 32.2. The highest BCUT2D eigenvalue weighted by Crippen LogP contribution is 2.41. The lowest BCUT2D eigenvalue weighted by Gasteiger charge is -2.42. The van der Waals surface area contributed by atoms with Crippen LogP contribution in [0.3, 0.4) is 0 Å². The van der Waals surface area contributed by atoms with Crippen molar-refractivity contribution in [1.82, 2.24) is 0 Å². The summed E-state index contributed by atoms with van der Waals surface area (Å²) in [5, 5.41) is 38.7. The summed E-state index contributed by atoms with van der Waals surface area (Å²) in [5.74, 6) is 0.392. The van der Waals surface area contributed by atoms with Crippen LogP contribution in [0.4, 0.5) is 0 Å². The fourth-order valence-corrected chi connectivity index (χ4v) is 4.79. The van der Waals surface area contributed by atoms with Gasteiger partial charge in [0.05, 0.1) is 24.1 Å². The SMILES string of the molecule is OC[C@@H]1S[C@H](C2CCCCCC2)[C@H](O)[C@@H](O)[C@H]1O. The molecule has 5 atom stereocenters. The Balaban J connectivity index is 2.05. The molecule has 2 rings (SSSR count). The zero-order chi connectivity index (χ0) is 13.1. The van der Waals surface area contributed by atoms with Gasteiger partial charge in [0.15, 0.2) is 0 Å². The van der Waals surface area contributed by atoms with Crippen LogP contribution in [0.2, 0.25) is 0 Å². The van der Waals surface area contributed by atoms with Crippen molar-refractivity contribution in [1.29, 1.82) is 0 Å². The van der Waals surface area contributed by atoms with E-state index in [2.05, 4.69) is 0 Å². The minimum absolute atomic E-state index is 0.0568. The van der Waals surface area contributed by atoms with E-state index in [1.165, 1.54) is 37.4 Å². The van der Waals surface area contributed by atoms with Crippen molar-refractivity contribution in [3.05, 3.63) is 0 Å². The van der Waals surface area contributed by atoms with Gasteiger partial charge >= 0.3 is 0 Å². The summed E-state index contributed by atoms with van der Waals surface area (Å²) in [6.07, 6.45) is 3.97. The van der Waals surface area contributed by atoms with Crippen LogP contribution in [0, 0.1) is 5.92 Å². The third-order valence-electron chi connectivity index (χ3n) is 4.29. The van der Waals surface area contributed by atoms with E-state index in [4.69, 9.17) is 0 Å². The van der Waals surface area contributed by atoms with Gasteiger partial charge in [-0.1, -0.05) is 25.7 Å². The standard InChI is InChI=1S/C13H24O4S/c14-7-9-10(15)11(16)12(17)13(18-9)8-5-3-1-2-4-6-8/h8-17H,1-7H2/t9-,10-,11-,12+,13+/m0/s1. The second-order valence-electron chi connectivity index (χ2n) is 5.55. The molecule has 4 N–H and O–H groups in total. The van der Waals surface area contributed by atoms with Gasteiger partial charge in [0.25, 0.3) is 0 Å². The van der Waals surface area contributed by atoms with Crippen molar-refractivity contribution in [2.45, 2.75) is 67.3 Å². The number of thioether (sulfide) groups is 1. The van der Waals surface area contributed by atoms with E-state index >= 15 is 0 Å². The topological polar surface area (TPSA) is 80.9 Å². The normalized spacial score (nSPS) is 43.7. The predicted octanol–water partition coefficient (Wildman–Crippen LogP) is 0.516. The van der Waals surface area contributed by atoms with E-state index in [0.717, 1.165) is 12.8 Å². The first kappa shape index (κ1) is 14.6. The molecule has 0 unspecified atom stereocenters. The molecule has 0 aromatic rings. The van der Waals surface area contributed by atoms with E-state index in [1.54, 1.807) is 0 Å². The van der Waals surface area contributed by atoms with Crippen molar-refractivity contribution < 1.29 is 20.4 Å². The summed E-state index contributed by atoms with van der Waals surface area (Å²) in [4.78, 5) is 0. The molecule has 106 valence electrons. The molecule has 2 aliphatic rings. The Bertz CT molecular complexity index is 253. The summed E-state index contributed by atoms with van der Waals surface area (Å²) >= 11 is 1.46. The van der Waals surface area contributed by atoms with E-state index in [9.17, 15) is 20.4 Å². The van der Waals surface area contributed by atoms with Crippen LogP contribution < -0.4 is 0 Å². The third kappa shape index (κ3) is 3.02. The van der Waals surface area contributed by atoms with Gasteiger partial charge in [0.1, 0.15) is 6.10 Å². The molecule has 5 heteroatoms. The number of aliphatic hydroxyl groups is 4. The molecule has 0 radical (unpaired) electrons. The Hall–Kier alpha value is 0.190. The zero-order valence-corrected chi connectivity index (χ0v) is 11.4. The van der Waals surface area contributed by atoms with Crippen molar-refractivity contribution in [2.24, 2.45) is 5.92 Å². The molecule has 1 aliphatic heterocycles. The molecule has 1 aliphatic carbocycles. The van der Waals surface area contributed by atoms with E-state index in [1.807, 2.05) is 0 Å². The fourth-order valence-electron chi connectivity index (χ4n) is 3.16. The van der Waals surface area contributed by atoms with Gasteiger partial charge < -0.3 is 20.4 Å². The van der Waals surface area contributed by atoms with Gasteiger partial charge in [0.2, 0.25) is 0 Å². The molecule has 4 nitrogen and oxygen atoms in total. The molecule has 0 aromatic heterocycles. The summed E-state index contributed by atoms with van der Waals surface area (Å²) in [6, 6.07) is 0. The van der Waals surface area contributed by atoms with Crippen LogP contribution >= 0.6 is 11.8 Å². The minimum Gasteiger partial charge on any atom is -0.395 e. The molecule has 0 amide bonds. The highest BCUT2D eigenvalue weighted by Gasteiger charge is 2.45. The monoisotopic (exact) mass is 276 g/mol. The summed E-state index contributed by atoms with van der Waals surface area (Å²) < 4.78 is 0. The molecule has 1 saturated heterocycles. The Morgan fingerprint density at radius 1 is 0.833 bits per heavy atom. The second-order valence-corrected chi connectivity index (χ2v) is 6.97. The third-order valence-corrected chi connectivity index (χ3v) is 6.05. The maximum Gasteiger partial charge on any atom is 0.108 e. The highest BCUT2D eigenvalue weighted by molar-refractivity contribution is 8.00. The van der Waals surface area contributed by atoms with Gasteiger partial charge in [-0.25, -0.2) is 0 Å². The van der Waals surface area contributed by atoms with Crippen molar-refractivity contribution >= 4 is 11.8 Å². The van der Waals surface area contributed by atoms with Gasteiger partial charge in [-0.2, -0.15) is 0 Å². The van der Waals surface area contributed by atoms with Crippen LogP contribution in [0.15, 0.2) is 0 Å². The molecule has 2 fully saturated rings. The second kappa shape index (κ2) is 6.57. The maximum absolute atomic E-state index is 10.2. The zero-order valence-electron chi connectivity index (χ0n) is 10.6. The first-order chi connectivity index (χ1) is 8.65. The van der Waals surface area contributed by atoms with Crippen molar-refractivity contribution in [2.75, 3.05) is 6.61 Å². The lowest BCUT2D eigenvalue weighted by Crippen LogP contribution is -2.55. The first-order valence-electron chi connectivity index (χ1n) is 6.95. The first-order valence-corrected chi connectivity index (χ1v) is 7.90. The molecule has 0 bridgehead atoms. The molecule has 1 saturated carbocycles. The molecule has 18 heavy (non-hydrogen) atoms. The lowest BCUT2D eigenvalue weighted by molar-refractivity contribution is -0.0751. The summed E-state index contributed by atoms with van der Waals surface area (Å²) in [5.41, 5.74) is 0. The Labute approximate surface area is 112 Å². The number of aliphatic hydroxyl groups excluding tert-OH is 4. The van der Waals surface area contributed by atoms with E-state index < -0.39 is 18.3 Å². The Kier molecular flexibility index (Phi) is 5.33. The minimum atomic E-state index is -1.13. The number of rotatable bonds is 2. The number of hydrogen-bond acceptors (Lipinski definition) is 5. The average Bonchev–Trinajstić information content (AvgIpc) is 2.65. The van der Waals surface area contributed by atoms with Gasteiger partial charge in [-0.3, -0.25) is 0 Å². The fraction of sp³-hybridized carbons (Fsp3) is 1.00. The largest absolute Gasteiger partial charge is 0.395 e. The summed E-state index contributed by atoms with van der Waals surface area (Å²) in [6.45, 7) is -0.154. The van der Waals surface area contributed by atoms with E-state index in [0.29, 0.717) is 5.92 Å². The molecule has 1 heterocycles. The van der Waals surface area contributed by atoms with Gasteiger partial charge in [-0.05, 0) is 18.8 Å². The van der Waals surface area contributed by atoms with Crippen LogP contribution in [0.1, 0.15) is 38.5 Å². The molecular formula is C13H24O4S. The summed E-state index contributed by atoms with van der Waals surface area (Å²) in [7, 11) is 0. The average molecular weight is 276 g/mol. The quantitative estimate of drug-likeness (QED) is 0.553. The van der Waals surface area contributed by atoms with E-state index in [-0.39, 0.29) is 17.1 Å². The molecule has 0 spiro atoms. The smallest absolute Gasteiger partial charge is 0.108 e. The predicted molar refractivity (Wildman–Crippen MR) is 71.5 cm³/mol. The maximum atomic E-state index is 10.2. The van der Waals surface area contributed by atoms with Crippen LogP contribution in [0.5, 0.6) is 0 Å². The van der Waals surface area contributed by atoms with Gasteiger partial charge in [-0.15, -0.1) is 11.8 Å². The van der Waals surface area contributed by atoms with Crippen LogP contribution in [-0.4, -0.2) is 55.8 Å². The lowest BCUT2D eigenvalue weighted by atomic mass is 9.89. The van der Waals surface area contributed by atoms with Crippen molar-refractivity contribution in [3.63, 3.8) is 0 Å². The Morgan fingerprint density at radius 3 is 2.00 bits per heavy atom. The molecular weight excluding hydrogens is 252 g/mol. The van der Waals surface area contributed by atoms with Gasteiger partial charge in [0, 0.05) is 5.25 Å².